The van der Waals surface area contributed by atoms with Gasteiger partial charge >= 0.3 is 0 Å². The number of nitrogens with zero attached hydrogens (tertiary/aromatic N) is 2. The van der Waals surface area contributed by atoms with Gasteiger partial charge < -0.3 is 10.3 Å². The molecule has 0 fully saturated rings. The molecule has 3 rings (SSSR count). The van der Waals surface area contributed by atoms with Crippen molar-refractivity contribution in [3.63, 3.8) is 0 Å². The molecule has 1 aliphatic rings. The second-order valence-electron chi connectivity index (χ2n) is 5.05. The van der Waals surface area contributed by atoms with Crippen molar-refractivity contribution in [3.8, 4) is 0 Å². The molecule has 0 radical (unpaired) electrons. The molecule has 3 heteroatoms. The Balaban J connectivity index is 1.98. The van der Waals surface area contributed by atoms with E-state index in [1.807, 2.05) is 18.3 Å². The van der Waals surface area contributed by atoms with Crippen molar-refractivity contribution in [1.82, 2.24) is 9.55 Å². The van der Waals surface area contributed by atoms with Crippen molar-refractivity contribution in [2.24, 2.45) is 5.73 Å². The average molecular weight is 241 g/mol. The van der Waals surface area contributed by atoms with E-state index in [-0.39, 0.29) is 12.1 Å². The Labute approximate surface area is 108 Å². The van der Waals surface area contributed by atoms with Crippen LogP contribution in [0.5, 0.6) is 0 Å². The first kappa shape index (κ1) is 11.5. The summed E-state index contributed by atoms with van der Waals surface area (Å²) < 4.78 is 2.33. The topological polar surface area (TPSA) is 43.8 Å². The molecule has 2 atom stereocenters. The number of hydrogen-bond acceptors (Lipinski definition) is 2. The SMILES string of the molecule is CC(c1ccccn1)n1ccc2c1CCCC2N. The summed E-state index contributed by atoms with van der Waals surface area (Å²) in [5, 5.41) is 0. The van der Waals surface area contributed by atoms with Crippen LogP contribution in [0.4, 0.5) is 0 Å². The molecule has 0 aliphatic heterocycles. The van der Waals surface area contributed by atoms with Gasteiger partial charge in [-0.3, -0.25) is 4.98 Å². The molecule has 0 amide bonds. The van der Waals surface area contributed by atoms with Crippen LogP contribution in [-0.4, -0.2) is 9.55 Å². The Morgan fingerprint density at radius 1 is 1.39 bits per heavy atom. The normalized spacial score (nSPS) is 20.4. The monoisotopic (exact) mass is 241 g/mol. The van der Waals surface area contributed by atoms with Gasteiger partial charge in [0.05, 0.1) is 11.7 Å². The van der Waals surface area contributed by atoms with Crippen molar-refractivity contribution in [3.05, 3.63) is 53.6 Å². The van der Waals surface area contributed by atoms with Crippen LogP contribution < -0.4 is 5.73 Å². The van der Waals surface area contributed by atoms with Crippen molar-refractivity contribution in [2.75, 3.05) is 0 Å². The van der Waals surface area contributed by atoms with E-state index < -0.39 is 0 Å². The third kappa shape index (κ3) is 1.85. The minimum atomic E-state index is 0.214. The van der Waals surface area contributed by atoms with E-state index in [1.165, 1.54) is 17.7 Å². The zero-order chi connectivity index (χ0) is 12.5. The van der Waals surface area contributed by atoms with Gasteiger partial charge in [0, 0.05) is 24.1 Å². The van der Waals surface area contributed by atoms with E-state index in [4.69, 9.17) is 5.73 Å². The van der Waals surface area contributed by atoms with E-state index in [1.54, 1.807) is 0 Å². The highest BCUT2D eigenvalue weighted by Crippen LogP contribution is 2.31. The smallest absolute Gasteiger partial charge is 0.0725 e. The van der Waals surface area contributed by atoms with Gasteiger partial charge in [-0.1, -0.05) is 6.07 Å². The summed E-state index contributed by atoms with van der Waals surface area (Å²) in [5.74, 6) is 0. The fourth-order valence-corrected chi connectivity index (χ4v) is 2.88. The predicted molar refractivity (Wildman–Crippen MR) is 72.3 cm³/mol. The lowest BCUT2D eigenvalue weighted by Crippen LogP contribution is -2.19. The lowest BCUT2D eigenvalue weighted by molar-refractivity contribution is 0.521. The quantitative estimate of drug-likeness (QED) is 0.878. The third-order valence-corrected chi connectivity index (χ3v) is 3.92. The maximum Gasteiger partial charge on any atom is 0.0725 e. The van der Waals surface area contributed by atoms with Crippen LogP contribution in [0.25, 0.3) is 0 Å². The van der Waals surface area contributed by atoms with Crippen molar-refractivity contribution < 1.29 is 0 Å². The largest absolute Gasteiger partial charge is 0.342 e. The molecule has 2 unspecified atom stereocenters. The maximum absolute atomic E-state index is 6.17. The van der Waals surface area contributed by atoms with E-state index in [9.17, 15) is 0 Å². The molecule has 3 nitrogen and oxygen atoms in total. The summed E-state index contributed by atoms with van der Waals surface area (Å²) in [7, 11) is 0. The van der Waals surface area contributed by atoms with Gasteiger partial charge in [-0.25, -0.2) is 0 Å². The second-order valence-corrected chi connectivity index (χ2v) is 5.05. The fourth-order valence-electron chi connectivity index (χ4n) is 2.88. The summed E-state index contributed by atoms with van der Waals surface area (Å²) in [6, 6.07) is 8.75. The van der Waals surface area contributed by atoms with E-state index >= 15 is 0 Å². The zero-order valence-electron chi connectivity index (χ0n) is 10.7. The maximum atomic E-state index is 6.17. The molecule has 0 saturated carbocycles. The molecule has 0 bridgehead atoms. The van der Waals surface area contributed by atoms with Gasteiger partial charge in [0.25, 0.3) is 0 Å². The molecule has 2 heterocycles. The van der Waals surface area contributed by atoms with Crippen LogP contribution in [0, 0.1) is 0 Å². The number of rotatable bonds is 2. The average Bonchev–Trinajstić information content (AvgIpc) is 2.84. The molecule has 1 aliphatic carbocycles. The van der Waals surface area contributed by atoms with Crippen molar-refractivity contribution in [1.29, 1.82) is 0 Å². The minimum absolute atomic E-state index is 0.214. The first-order valence-electron chi connectivity index (χ1n) is 6.63. The molecule has 94 valence electrons. The van der Waals surface area contributed by atoms with Crippen LogP contribution in [0.2, 0.25) is 0 Å². The molecule has 18 heavy (non-hydrogen) atoms. The number of hydrogen-bond donors (Lipinski definition) is 1. The number of pyridine rings is 1. The Bertz CT molecular complexity index is 530. The van der Waals surface area contributed by atoms with Gasteiger partial charge in [-0.2, -0.15) is 0 Å². The standard InChI is InChI=1S/C15H19N3/c1-11(14-6-2-3-9-17-14)18-10-8-12-13(16)5-4-7-15(12)18/h2-3,6,8-11,13H,4-5,7,16H2,1H3. The highest BCUT2D eigenvalue weighted by Gasteiger charge is 2.22. The van der Waals surface area contributed by atoms with Gasteiger partial charge in [0.15, 0.2) is 0 Å². The zero-order valence-corrected chi connectivity index (χ0v) is 10.7. The fraction of sp³-hybridized carbons (Fsp3) is 0.400. The second kappa shape index (κ2) is 4.58. The molecular weight excluding hydrogens is 222 g/mol. The minimum Gasteiger partial charge on any atom is -0.342 e. The van der Waals surface area contributed by atoms with Crippen molar-refractivity contribution >= 4 is 0 Å². The summed E-state index contributed by atoms with van der Waals surface area (Å²) in [4.78, 5) is 4.45. The van der Waals surface area contributed by atoms with Crippen LogP contribution in [0.1, 0.15) is 48.8 Å². The van der Waals surface area contributed by atoms with Crippen molar-refractivity contribution in [2.45, 2.75) is 38.3 Å². The van der Waals surface area contributed by atoms with Gasteiger partial charge in [0.1, 0.15) is 0 Å². The Morgan fingerprint density at radius 3 is 3.06 bits per heavy atom. The molecular formula is C15H19N3. The number of nitrogens with two attached hydrogens (primary N) is 1. The van der Waals surface area contributed by atoms with Gasteiger partial charge in [0.2, 0.25) is 0 Å². The molecule has 2 aromatic rings. The summed E-state index contributed by atoms with van der Waals surface area (Å²) in [6.07, 6.45) is 7.44. The third-order valence-electron chi connectivity index (χ3n) is 3.92. The van der Waals surface area contributed by atoms with Crippen LogP contribution in [0.3, 0.4) is 0 Å². The molecule has 2 aromatic heterocycles. The highest BCUT2D eigenvalue weighted by atomic mass is 15.0. The van der Waals surface area contributed by atoms with E-state index in [2.05, 4.69) is 34.8 Å². The summed E-state index contributed by atoms with van der Waals surface area (Å²) in [6.45, 7) is 2.20. The molecule has 0 saturated heterocycles. The Morgan fingerprint density at radius 2 is 2.28 bits per heavy atom. The lowest BCUT2D eigenvalue weighted by atomic mass is 9.93. The van der Waals surface area contributed by atoms with Crippen LogP contribution >= 0.6 is 0 Å². The summed E-state index contributed by atoms with van der Waals surface area (Å²) >= 11 is 0. The number of aromatic nitrogens is 2. The number of fused-ring (bicyclic) bond motifs is 1. The highest BCUT2D eigenvalue weighted by molar-refractivity contribution is 5.30. The van der Waals surface area contributed by atoms with Crippen LogP contribution in [-0.2, 0) is 6.42 Å². The van der Waals surface area contributed by atoms with Crippen LogP contribution in [0.15, 0.2) is 36.7 Å². The van der Waals surface area contributed by atoms with Gasteiger partial charge in [-0.15, -0.1) is 0 Å². The Hall–Kier alpha value is -1.61. The predicted octanol–water partition coefficient (Wildman–Crippen LogP) is 2.83. The first-order valence-corrected chi connectivity index (χ1v) is 6.63. The molecule has 0 spiro atoms. The lowest BCUT2D eigenvalue weighted by Gasteiger charge is -2.23. The van der Waals surface area contributed by atoms with Gasteiger partial charge in [-0.05, 0) is 49.9 Å². The first-order chi connectivity index (χ1) is 8.77. The Kier molecular flexibility index (Phi) is 2.92. The summed E-state index contributed by atoms with van der Waals surface area (Å²) in [5.41, 5.74) is 9.99. The molecule has 2 N–H and O–H groups in total. The molecule has 0 aromatic carbocycles. The van der Waals surface area contributed by atoms with E-state index in [0.29, 0.717) is 0 Å². The van der Waals surface area contributed by atoms with E-state index in [0.717, 1.165) is 18.5 Å².